The molecule has 0 aliphatic carbocycles. The molecule has 1 aromatic carbocycles. The normalized spacial score (nSPS) is 20.4. The number of nitrogens with zero attached hydrogens (tertiary/aromatic N) is 1. The second kappa shape index (κ2) is 6.34. The molecule has 2 N–H and O–H groups in total. The maximum Gasteiger partial charge on any atom is 0.231 e. The Balaban J connectivity index is 1.96. The molecule has 19 heavy (non-hydrogen) atoms. The van der Waals surface area contributed by atoms with Gasteiger partial charge in [0.1, 0.15) is 11.6 Å². The molecule has 1 heterocycles. The van der Waals surface area contributed by atoms with Crippen LogP contribution in [0.25, 0.3) is 0 Å². The second-order valence-corrected chi connectivity index (χ2v) is 6.00. The van der Waals surface area contributed by atoms with Crippen molar-refractivity contribution in [1.29, 1.82) is 0 Å². The lowest BCUT2D eigenvalue weighted by Gasteiger charge is -2.31. The van der Waals surface area contributed by atoms with Crippen molar-refractivity contribution < 1.29 is 13.6 Å². The Morgan fingerprint density at radius 3 is 2.95 bits per heavy atom. The molecule has 1 amide bonds. The zero-order chi connectivity index (χ0) is 13.8. The third kappa shape index (κ3) is 4.18. The Morgan fingerprint density at radius 1 is 1.47 bits per heavy atom. The highest BCUT2D eigenvalue weighted by molar-refractivity contribution is 8.00. The van der Waals surface area contributed by atoms with Crippen molar-refractivity contribution in [2.45, 2.75) is 23.0 Å². The second-order valence-electron chi connectivity index (χ2n) is 4.66. The number of likely N-dealkylation sites (tertiary alicyclic amines) is 1. The van der Waals surface area contributed by atoms with Crippen LogP contribution in [0.4, 0.5) is 8.78 Å². The van der Waals surface area contributed by atoms with Gasteiger partial charge in [-0.3, -0.25) is 9.69 Å². The topological polar surface area (TPSA) is 46.3 Å². The first-order chi connectivity index (χ1) is 9.04. The summed E-state index contributed by atoms with van der Waals surface area (Å²) in [5.74, 6) is -1.45. The molecule has 0 bridgehead atoms. The molecule has 0 spiro atoms. The SMILES string of the molecule is NC(=O)CN1CCC[C@H](Sc2ccc(F)cc2F)C1. The Labute approximate surface area is 115 Å². The number of carbonyl (C=O) groups excluding carboxylic acids is 1. The zero-order valence-corrected chi connectivity index (χ0v) is 11.3. The van der Waals surface area contributed by atoms with Gasteiger partial charge >= 0.3 is 0 Å². The van der Waals surface area contributed by atoms with Crippen molar-refractivity contribution in [3.63, 3.8) is 0 Å². The molecule has 0 radical (unpaired) electrons. The standard InChI is InChI=1S/C13H16F2N2OS/c14-9-3-4-12(11(15)6-9)19-10-2-1-5-17(7-10)8-13(16)18/h3-4,6,10H,1-2,5,7-8H2,(H2,16,18)/t10-/m0/s1. The molecule has 0 aromatic heterocycles. The molecular weight excluding hydrogens is 270 g/mol. The molecule has 104 valence electrons. The minimum Gasteiger partial charge on any atom is -0.369 e. The summed E-state index contributed by atoms with van der Waals surface area (Å²) < 4.78 is 26.4. The Hall–Kier alpha value is -1.14. The molecule has 1 aliphatic rings. The van der Waals surface area contributed by atoms with Crippen LogP contribution in [0, 0.1) is 11.6 Å². The van der Waals surface area contributed by atoms with Crippen LogP contribution >= 0.6 is 11.8 Å². The van der Waals surface area contributed by atoms with Gasteiger partial charge in [-0.1, -0.05) is 0 Å². The molecular formula is C13H16F2N2OS. The van der Waals surface area contributed by atoms with Gasteiger partial charge in [-0.25, -0.2) is 8.78 Å². The first-order valence-electron chi connectivity index (χ1n) is 6.17. The van der Waals surface area contributed by atoms with E-state index in [0.29, 0.717) is 11.4 Å². The molecule has 1 fully saturated rings. The highest BCUT2D eigenvalue weighted by Crippen LogP contribution is 2.31. The molecule has 0 unspecified atom stereocenters. The van der Waals surface area contributed by atoms with Crippen molar-refractivity contribution in [3.8, 4) is 0 Å². The lowest BCUT2D eigenvalue weighted by atomic mass is 10.1. The van der Waals surface area contributed by atoms with Gasteiger partial charge in [0.25, 0.3) is 0 Å². The fraction of sp³-hybridized carbons (Fsp3) is 0.462. The molecule has 1 saturated heterocycles. The van der Waals surface area contributed by atoms with Crippen LogP contribution in [0.1, 0.15) is 12.8 Å². The van der Waals surface area contributed by atoms with Gasteiger partial charge in [-0.15, -0.1) is 11.8 Å². The summed E-state index contributed by atoms with van der Waals surface area (Å²) in [4.78, 5) is 13.3. The summed E-state index contributed by atoms with van der Waals surface area (Å²) in [5, 5.41) is 0.202. The van der Waals surface area contributed by atoms with Gasteiger partial charge in [0.2, 0.25) is 5.91 Å². The number of rotatable bonds is 4. The van der Waals surface area contributed by atoms with Crippen molar-refractivity contribution in [3.05, 3.63) is 29.8 Å². The molecule has 3 nitrogen and oxygen atoms in total. The quantitative estimate of drug-likeness (QED) is 0.921. The van der Waals surface area contributed by atoms with Crippen LogP contribution < -0.4 is 5.73 Å². The number of hydrogen-bond donors (Lipinski definition) is 1. The number of thioether (sulfide) groups is 1. The van der Waals surface area contributed by atoms with Crippen LogP contribution in [0.2, 0.25) is 0 Å². The monoisotopic (exact) mass is 286 g/mol. The van der Waals surface area contributed by atoms with Gasteiger partial charge in [-0.2, -0.15) is 0 Å². The smallest absolute Gasteiger partial charge is 0.231 e. The van der Waals surface area contributed by atoms with Crippen molar-refractivity contribution in [2.24, 2.45) is 5.73 Å². The molecule has 2 rings (SSSR count). The highest BCUT2D eigenvalue weighted by atomic mass is 32.2. The van der Waals surface area contributed by atoms with Crippen molar-refractivity contribution in [2.75, 3.05) is 19.6 Å². The lowest BCUT2D eigenvalue weighted by Crippen LogP contribution is -2.41. The number of amides is 1. The average Bonchev–Trinajstić information content (AvgIpc) is 2.32. The predicted octanol–water partition coefficient (Wildman–Crippen LogP) is 2.01. The Kier molecular flexibility index (Phi) is 4.76. The van der Waals surface area contributed by atoms with E-state index < -0.39 is 11.6 Å². The summed E-state index contributed by atoms with van der Waals surface area (Å²) in [6.45, 7) is 1.78. The number of hydrogen-bond acceptors (Lipinski definition) is 3. The summed E-state index contributed by atoms with van der Waals surface area (Å²) in [6, 6.07) is 3.62. The first-order valence-corrected chi connectivity index (χ1v) is 7.05. The van der Waals surface area contributed by atoms with E-state index in [1.165, 1.54) is 23.9 Å². The number of carbonyl (C=O) groups is 1. The maximum atomic E-state index is 13.6. The fourth-order valence-corrected chi connectivity index (χ4v) is 3.47. The van der Waals surface area contributed by atoms with Gasteiger partial charge < -0.3 is 5.73 Å². The van der Waals surface area contributed by atoms with E-state index in [1.54, 1.807) is 0 Å². The number of benzene rings is 1. The highest BCUT2D eigenvalue weighted by Gasteiger charge is 2.22. The molecule has 1 aliphatic heterocycles. The van der Waals surface area contributed by atoms with Gasteiger partial charge in [0.05, 0.1) is 6.54 Å². The van der Waals surface area contributed by atoms with E-state index in [0.717, 1.165) is 25.5 Å². The summed E-state index contributed by atoms with van der Waals surface area (Å²) >= 11 is 1.40. The van der Waals surface area contributed by atoms with Crippen LogP contribution in [0.3, 0.4) is 0 Å². The zero-order valence-electron chi connectivity index (χ0n) is 10.4. The van der Waals surface area contributed by atoms with E-state index >= 15 is 0 Å². The van der Waals surface area contributed by atoms with Gasteiger partial charge in [-0.05, 0) is 31.5 Å². The average molecular weight is 286 g/mol. The van der Waals surface area contributed by atoms with Gasteiger partial charge in [0, 0.05) is 22.8 Å². The van der Waals surface area contributed by atoms with Crippen LogP contribution in [-0.2, 0) is 4.79 Å². The summed E-state index contributed by atoms with van der Waals surface area (Å²) in [5.41, 5.74) is 5.17. The Bertz CT molecular complexity index is 470. The molecule has 6 heteroatoms. The van der Waals surface area contributed by atoms with E-state index in [9.17, 15) is 13.6 Å². The van der Waals surface area contributed by atoms with E-state index in [2.05, 4.69) is 0 Å². The minimum absolute atomic E-state index is 0.202. The van der Waals surface area contributed by atoms with Crippen LogP contribution in [0.15, 0.2) is 23.1 Å². The first kappa shape index (κ1) is 14.3. The van der Waals surface area contributed by atoms with Crippen molar-refractivity contribution in [1.82, 2.24) is 4.90 Å². The van der Waals surface area contributed by atoms with E-state index in [4.69, 9.17) is 5.73 Å². The Morgan fingerprint density at radius 2 is 2.26 bits per heavy atom. The summed E-state index contributed by atoms with van der Waals surface area (Å²) in [6.07, 6.45) is 1.91. The van der Waals surface area contributed by atoms with Crippen molar-refractivity contribution >= 4 is 17.7 Å². The maximum absolute atomic E-state index is 13.6. The largest absolute Gasteiger partial charge is 0.369 e. The number of halogens is 2. The predicted molar refractivity (Wildman–Crippen MR) is 70.9 cm³/mol. The minimum atomic E-state index is -0.569. The van der Waals surface area contributed by atoms with Crippen LogP contribution in [0.5, 0.6) is 0 Å². The number of nitrogens with two attached hydrogens (primary N) is 1. The summed E-state index contributed by atoms with van der Waals surface area (Å²) in [7, 11) is 0. The fourth-order valence-electron chi connectivity index (χ4n) is 2.22. The molecule has 1 atom stereocenters. The molecule has 0 saturated carbocycles. The number of piperidine rings is 1. The molecule has 1 aromatic rings. The number of primary amides is 1. The third-order valence-corrected chi connectivity index (χ3v) is 4.33. The third-order valence-electron chi connectivity index (χ3n) is 3.03. The van der Waals surface area contributed by atoms with E-state index in [-0.39, 0.29) is 17.7 Å². The van der Waals surface area contributed by atoms with Crippen LogP contribution in [-0.4, -0.2) is 35.7 Å². The van der Waals surface area contributed by atoms with E-state index in [1.807, 2.05) is 4.90 Å². The van der Waals surface area contributed by atoms with Gasteiger partial charge in [0.15, 0.2) is 0 Å². The lowest BCUT2D eigenvalue weighted by molar-refractivity contribution is -0.119.